The van der Waals surface area contributed by atoms with Gasteiger partial charge in [0.25, 0.3) is 0 Å². The van der Waals surface area contributed by atoms with Crippen LogP contribution in [0.25, 0.3) is 10.9 Å². The van der Waals surface area contributed by atoms with Gasteiger partial charge < -0.3 is 9.47 Å². The molecular weight excluding hydrogens is 463 g/mol. The Hall–Kier alpha value is -0.180. The molecule has 1 aromatic heterocycles. The van der Waals surface area contributed by atoms with Gasteiger partial charge in [-0.05, 0) is 51.5 Å². The first kappa shape index (κ1) is 16.2. The molecule has 1 unspecified atom stereocenters. The summed E-state index contributed by atoms with van der Waals surface area (Å²) in [6.45, 7) is 2.18. The Balaban J connectivity index is 2.46. The van der Waals surface area contributed by atoms with Gasteiger partial charge in [-0.2, -0.15) is 0 Å². The molecule has 0 bridgehead atoms. The number of hydrogen-bond acceptors (Lipinski definition) is 3. The van der Waals surface area contributed by atoms with Gasteiger partial charge in [0, 0.05) is 22.1 Å². The molecule has 0 aliphatic carbocycles. The van der Waals surface area contributed by atoms with Gasteiger partial charge >= 0.3 is 0 Å². The number of nitrogens with zero attached hydrogens (tertiary/aromatic N) is 1. The highest BCUT2D eigenvalue weighted by Crippen LogP contribution is 2.34. The zero-order valence-corrected chi connectivity index (χ0v) is 15.2. The lowest BCUT2D eigenvalue weighted by atomic mass is 10.2. The molecule has 0 radical (unpaired) electrons. The van der Waals surface area contributed by atoms with Crippen LogP contribution in [0.2, 0.25) is 5.02 Å². The molecule has 0 spiro atoms. The maximum atomic E-state index is 14.2. The zero-order chi connectivity index (χ0) is 14.9. The van der Waals surface area contributed by atoms with Crippen molar-refractivity contribution in [2.75, 3.05) is 13.7 Å². The van der Waals surface area contributed by atoms with Crippen molar-refractivity contribution in [2.24, 2.45) is 0 Å². The fraction of sp³-hybridized carbons (Fsp3) is 0.308. The van der Waals surface area contributed by atoms with Crippen LogP contribution >= 0.6 is 50.1 Å². The smallest absolute Gasteiger partial charge is 0.215 e. The number of ether oxygens (including phenoxy) is 2. The molecule has 0 amide bonds. The molecule has 20 heavy (non-hydrogen) atoms. The van der Waals surface area contributed by atoms with Crippen molar-refractivity contribution >= 4 is 61.0 Å². The first-order chi connectivity index (χ1) is 9.43. The molecule has 3 nitrogen and oxygen atoms in total. The van der Waals surface area contributed by atoms with Crippen LogP contribution < -0.4 is 4.74 Å². The highest BCUT2D eigenvalue weighted by atomic mass is 127. The van der Waals surface area contributed by atoms with Crippen LogP contribution in [-0.4, -0.2) is 24.8 Å². The monoisotopic (exact) mass is 473 g/mol. The van der Waals surface area contributed by atoms with Crippen molar-refractivity contribution in [2.45, 2.75) is 13.0 Å². The van der Waals surface area contributed by atoms with Crippen LogP contribution in [0.15, 0.2) is 16.6 Å². The highest BCUT2D eigenvalue weighted by molar-refractivity contribution is 14.1. The van der Waals surface area contributed by atoms with Crippen molar-refractivity contribution in [3.8, 4) is 5.88 Å². The van der Waals surface area contributed by atoms with Crippen molar-refractivity contribution in [3.63, 3.8) is 0 Å². The Bertz CT molecular complexity index is 656. The van der Waals surface area contributed by atoms with Gasteiger partial charge in [0.2, 0.25) is 5.88 Å². The lowest BCUT2D eigenvalue weighted by Crippen LogP contribution is -2.16. The Morgan fingerprint density at radius 1 is 1.50 bits per heavy atom. The van der Waals surface area contributed by atoms with Crippen LogP contribution in [0.1, 0.15) is 6.92 Å². The van der Waals surface area contributed by atoms with E-state index in [4.69, 9.17) is 21.1 Å². The van der Waals surface area contributed by atoms with Crippen LogP contribution in [0, 0.1) is 9.39 Å². The summed E-state index contributed by atoms with van der Waals surface area (Å²) in [5.41, 5.74) is 0.185. The fourth-order valence-electron chi connectivity index (χ4n) is 1.55. The van der Waals surface area contributed by atoms with E-state index in [2.05, 4.69) is 20.9 Å². The van der Waals surface area contributed by atoms with E-state index in [1.807, 2.05) is 29.5 Å². The predicted octanol–water partition coefficient (Wildman–Crippen LogP) is 4.81. The largest absolute Gasteiger partial charge is 0.475 e. The van der Waals surface area contributed by atoms with Gasteiger partial charge in [0.15, 0.2) is 5.82 Å². The number of aromatic nitrogens is 1. The van der Waals surface area contributed by atoms with Gasteiger partial charge in [0.1, 0.15) is 12.1 Å². The number of methoxy groups -OCH3 is 1. The van der Waals surface area contributed by atoms with Crippen LogP contribution in [0.4, 0.5) is 4.39 Å². The second kappa shape index (κ2) is 6.72. The van der Waals surface area contributed by atoms with E-state index in [-0.39, 0.29) is 17.5 Å². The molecule has 2 rings (SSSR count). The second-order valence-corrected chi connectivity index (χ2v) is 6.54. The molecule has 2 aromatic rings. The Kier molecular flexibility index (Phi) is 5.44. The molecule has 0 fully saturated rings. The predicted molar refractivity (Wildman–Crippen MR) is 89.1 cm³/mol. The topological polar surface area (TPSA) is 31.4 Å². The van der Waals surface area contributed by atoms with Gasteiger partial charge in [-0.3, -0.25) is 0 Å². The van der Waals surface area contributed by atoms with E-state index >= 15 is 0 Å². The third-order valence-corrected chi connectivity index (χ3v) is 5.41. The Labute approximate surface area is 143 Å². The molecule has 1 atom stereocenters. The third kappa shape index (κ3) is 3.35. The van der Waals surface area contributed by atoms with E-state index in [1.165, 1.54) is 0 Å². The van der Waals surface area contributed by atoms with E-state index in [0.717, 1.165) is 3.57 Å². The van der Waals surface area contributed by atoms with Crippen molar-refractivity contribution in [1.82, 2.24) is 4.98 Å². The summed E-state index contributed by atoms with van der Waals surface area (Å²) in [6, 6.07) is 3.36. The third-order valence-electron chi connectivity index (χ3n) is 2.73. The Morgan fingerprint density at radius 3 is 2.85 bits per heavy atom. The second-order valence-electron chi connectivity index (χ2n) is 4.18. The molecular formula is C13H11BrClFINO2. The number of fused-ring (bicyclic) bond motifs is 1. The van der Waals surface area contributed by atoms with Crippen molar-refractivity contribution < 1.29 is 13.9 Å². The van der Waals surface area contributed by atoms with Gasteiger partial charge in [-0.1, -0.05) is 11.6 Å². The molecule has 1 heterocycles. The SMILES string of the molecule is COC(C)COc1cc(Cl)c2cc(I)c(Br)c(F)c2n1. The van der Waals surface area contributed by atoms with Gasteiger partial charge in [-0.15, -0.1) is 0 Å². The number of benzene rings is 1. The normalized spacial score (nSPS) is 12.7. The molecule has 1 aromatic carbocycles. The Morgan fingerprint density at radius 2 is 2.20 bits per heavy atom. The zero-order valence-electron chi connectivity index (χ0n) is 10.7. The number of pyridine rings is 1. The summed E-state index contributed by atoms with van der Waals surface area (Å²) < 4.78 is 25.9. The maximum absolute atomic E-state index is 14.2. The lowest BCUT2D eigenvalue weighted by Gasteiger charge is -2.12. The number of rotatable bonds is 4. The van der Waals surface area contributed by atoms with Crippen LogP contribution in [0.3, 0.4) is 0 Å². The van der Waals surface area contributed by atoms with Crippen LogP contribution in [0.5, 0.6) is 5.88 Å². The minimum absolute atomic E-state index is 0.0837. The van der Waals surface area contributed by atoms with E-state index in [9.17, 15) is 4.39 Å². The summed E-state index contributed by atoms with van der Waals surface area (Å²) in [5.74, 6) is -0.169. The molecule has 0 saturated heterocycles. The average molecular weight is 474 g/mol. The molecule has 7 heteroatoms. The van der Waals surface area contributed by atoms with Crippen molar-refractivity contribution in [3.05, 3.63) is 31.0 Å². The first-order valence-corrected chi connectivity index (χ1v) is 7.98. The van der Waals surface area contributed by atoms with Crippen LogP contribution in [-0.2, 0) is 4.74 Å². The summed E-state index contributed by atoms with van der Waals surface area (Å²) in [6.07, 6.45) is -0.0837. The van der Waals surface area contributed by atoms with E-state index in [1.54, 1.807) is 19.2 Å². The van der Waals surface area contributed by atoms with Gasteiger partial charge in [0.05, 0.1) is 15.6 Å². The maximum Gasteiger partial charge on any atom is 0.215 e. The summed E-state index contributed by atoms with van der Waals surface area (Å²) >= 11 is 11.4. The highest BCUT2D eigenvalue weighted by Gasteiger charge is 2.15. The molecule has 0 aliphatic rings. The number of halogens is 4. The first-order valence-electron chi connectivity index (χ1n) is 5.73. The van der Waals surface area contributed by atoms with E-state index < -0.39 is 5.82 Å². The molecule has 0 N–H and O–H groups in total. The summed E-state index contributed by atoms with van der Waals surface area (Å²) in [5, 5.41) is 0.961. The lowest BCUT2D eigenvalue weighted by molar-refractivity contribution is 0.0700. The molecule has 108 valence electrons. The molecule has 0 saturated carbocycles. The molecule has 0 aliphatic heterocycles. The standard InChI is InChI=1S/C13H11BrClFINO2/c1-6(19-2)5-20-10-4-8(15)7-3-9(17)11(14)12(16)13(7)18-10/h3-4,6H,5H2,1-2H3. The minimum Gasteiger partial charge on any atom is -0.475 e. The van der Waals surface area contributed by atoms with Crippen molar-refractivity contribution in [1.29, 1.82) is 0 Å². The van der Waals surface area contributed by atoms with Gasteiger partial charge in [-0.25, -0.2) is 9.37 Å². The summed E-state index contributed by atoms with van der Waals surface area (Å²) in [7, 11) is 1.59. The fourth-order valence-corrected chi connectivity index (χ4v) is 2.64. The average Bonchev–Trinajstić information content (AvgIpc) is 2.43. The van der Waals surface area contributed by atoms with E-state index in [0.29, 0.717) is 21.5 Å². The minimum atomic E-state index is -0.445. The summed E-state index contributed by atoms with van der Waals surface area (Å²) in [4.78, 5) is 4.17. The quantitative estimate of drug-likeness (QED) is 0.471. The number of hydrogen-bond donors (Lipinski definition) is 0.